The number of nitrogens with one attached hydrogen (secondary N) is 1. The van der Waals surface area contributed by atoms with Gasteiger partial charge in [0.2, 0.25) is 12.7 Å². The number of benzene rings is 2. The minimum Gasteiger partial charge on any atom is -0.454 e. The Hall–Kier alpha value is -3.10. The number of carbonyl (C=O) groups excluding carboxylic acids is 1. The van der Waals surface area contributed by atoms with E-state index in [9.17, 15) is 4.79 Å². The van der Waals surface area contributed by atoms with Gasteiger partial charge in [-0.1, -0.05) is 36.0 Å². The summed E-state index contributed by atoms with van der Waals surface area (Å²) < 4.78 is 10.7. The highest BCUT2D eigenvalue weighted by Crippen LogP contribution is 2.35. The molecule has 6 nitrogen and oxygen atoms in total. The summed E-state index contributed by atoms with van der Waals surface area (Å²) >= 11 is 3.02. The molecule has 1 unspecified atom stereocenters. The highest BCUT2D eigenvalue weighted by molar-refractivity contribution is 8.00. The third kappa shape index (κ3) is 3.71. The van der Waals surface area contributed by atoms with Gasteiger partial charge >= 0.3 is 0 Å². The van der Waals surface area contributed by atoms with Gasteiger partial charge in [-0.2, -0.15) is 0 Å². The van der Waals surface area contributed by atoms with E-state index in [4.69, 9.17) is 19.4 Å². The number of thiophene rings is 1. The van der Waals surface area contributed by atoms with Crippen LogP contribution in [0.1, 0.15) is 6.92 Å². The molecule has 1 aliphatic heterocycles. The number of ether oxygens (including phenoxy) is 2. The standard InChI is InChI=1S/C22H17N3O3S2/c1-13(21(26)23-14-8-9-17-18(11-14)28-12-27-17)30-22-15-5-2-3-6-16(15)24-20(25-22)19-7-4-10-29-19/h2-11,13H,12H2,1H3,(H,23,26). The topological polar surface area (TPSA) is 73.3 Å². The Morgan fingerprint density at radius 2 is 1.97 bits per heavy atom. The van der Waals surface area contributed by atoms with Crippen LogP contribution in [0.5, 0.6) is 11.5 Å². The van der Waals surface area contributed by atoms with Gasteiger partial charge in [-0.3, -0.25) is 4.79 Å². The van der Waals surface area contributed by atoms with Crippen molar-refractivity contribution < 1.29 is 14.3 Å². The van der Waals surface area contributed by atoms with E-state index >= 15 is 0 Å². The van der Waals surface area contributed by atoms with Gasteiger partial charge < -0.3 is 14.8 Å². The zero-order chi connectivity index (χ0) is 20.5. The van der Waals surface area contributed by atoms with Gasteiger partial charge in [0.25, 0.3) is 0 Å². The molecule has 5 rings (SSSR count). The molecule has 1 amide bonds. The van der Waals surface area contributed by atoms with Gasteiger partial charge in [0.05, 0.1) is 15.6 Å². The molecule has 0 radical (unpaired) electrons. The second-order valence-electron chi connectivity index (χ2n) is 6.66. The van der Waals surface area contributed by atoms with Crippen LogP contribution in [0.3, 0.4) is 0 Å². The molecule has 0 aliphatic carbocycles. The van der Waals surface area contributed by atoms with Crippen molar-refractivity contribution in [3.05, 3.63) is 60.0 Å². The lowest BCUT2D eigenvalue weighted by Gasteiger charge is -2.14. The van der Waals surface area contributed by atoms with Crippen LogP contribution in [0.2, 0.25) is 0 Å². The quantitative estimate of drug-likeness (QED) is 0.343. The fourth-order valence-electron chi connectivity index (χ4n) is 3.09. The molecule has 0 saturated carbocycles. The number of rotatable bonds is 5. The van der Waals surface area contributed by atoms with Gasteiger partial charge in [-0.05, 0) is 36.6 Å². The summed E-state index contributed by atoms with van der Waals surface area (Å²) in [5.74, 6) is 1.88. The minimum atomic E-state index is -0.357. The van der Waals surface area contributed by atoms with Crippen LogP contribution >= 0.6 is 23.1 Å². The van der Waals surface area contributed by atoms with Crippen LogP contribution < -0.4 is 14.8 Å². The summed E-state index contributed by atoms with van der Waals surface area (Å²) in [5, 5.41) is 6.32. The molecule has 0 saturated heterocycles. The third-order valence-corrected chi connectivity index (χ3v) is 6.58. The summed E-state index contributed by atoms with van der Waals surface area (Å²) in [4.78, 5) is 23.3. The number of nitrogens with zero attached hydrogens (tertiary/aromatic N) is 2. The lowest BCUT2D eigenvalue weighted by Crippen LogP contribution is -2.22. The van der Waals surface area contributed by atoms with Crippen LogP contribution in [-0.2, 0) is 4.79 Å². The van der Waals surface area contributed by atoms with Crippen LogP contribution in [-0.4, -0.2) is 27.9 Å². The first-order chi connectivity index (χ1) is 14.7. The highest BCUT2D eigenvalue weighted by atomic mass is 32.2. The molecule has 150 valence electrons. The normalized spacial score (nSPS) is 13.4. The molecule has 30 heavy (non-hydrogen) atoms. The molecular formula is C22H17N3O3S2. The second-order valence-corrected chi connectivity index (χ2v) is 8.94. The van der Waals surface area contributed by atoms with Crippen LogP contribution in [0.4, 0.5) is 5.69 Å². The number of para-hydroxylation sites is 1. The summed E-state index contributed by atoms with van der Waals surface area (Å²) in [6.07, 6.45) is 0. The molecule has 1 N–H and O–H groups in total. The summed E-state index contributed by atoms with van der Waals surface area (Å²) in [7, 11) is 0. The van der Waals surface area contributed by atoms with Crippen molar-refractivity contribution in [1.29, 1.82) is 0 Å². The Morgan fingerprint density at radius 1 is 1.10 bits per heavy atom. The number of anilines is 1. The molecule has 0 bridgehead atoms. The largest absolute Gasteiger partial charge is 0.454 e. The van der Waals surface area contributed by atoms with Crippen LogP contribution in [0, 0.1) is 0 Å². The van der Waals surface area contributed by atoms with Crippen molar-refractivity contribution in [2.75, 3.05) is 12.1 Å². The molecular weight excluding hydrogens is 418 g/mol. The lowest BCUT2D eigenvalue weighted by molar-refractivity contribution is -0.115. The van der Waals surface area contributed by atoms with Crippen molar-refractivity contribution in [2.45, 2.75) is 17.2 Å². The molecule has 8 heteroatoms. The predicted octanol–water partition coefficient (Wildman–Crippen LogP) is 5.21. The average Bonchev–Trinajstić information content (AvgIpc) is 3.45. The molecule has 4 aromatic rings. The van der Waals surface area contributed by atoms with Gasteiger partial charge in [0.1, 0.15) is 5.03 Å². The van der Waals surface area contributed by atoms with E-state index in [-0.39, 0.29) is 18.0 Å². The number of aromatic nitrogens is 2. The maximum atomic E-state index is 12.8. The zero-order valence-electron chi connectivity index (χ0n) is 16.0. The van der Waals surface area contributed by atoms with E-state index in [1.807, 2.05) is 48.7 Å². The van der Waals surface area contributed by atoms with Crippen molar-refractivity contribution in [3.63, 3.8) is 0 Å². The Morgan fingerprint density at radius 3 is 2.83 bits per heavy atom. The average molecular weight is 436 g/mol. The molecule has 2 aromatic heterocycles. The zero-order valence-corrected chi connectivity index (χ0v) is 17.6. The summed E-state index contributed by atoms with van der Waals surface area (Å²) in [6.45, 7) is 2.07. The molecule has 1 aliphatic rings. The van der Waals surface area contributed by atoms with Crippen molar-refractivity contribution in [2.24, 2.45) is 0 Å². The van der Waals surface area contributed by atoms with E-state index in [0.29, 0.717) is 23.0 Å². The number of carbonyl (C=O) groups is 1. The predicted molar refractivity (Wildman–Crippen MR) is 119 cm³/mol. The van der Waals surface area contributed by atoms with Gasteiger partial charge in [-0.25, -0.2) is 9.97 Å². The van der Waals surface area contributed by atoms with Crippen LogP contribution in [0.15, 0.2) is 65.0 Å². The number of amides is 1. The number of thioether (sulfide) groups is 1. The maximum absolute atomic E-state index is 12.8. The van der Waals surface area contributed by atoms with Gasteiger partial charge in [0.15, 0.2) is 17.3 Å². The Bertz CT molecular complexity index is 1230. The Balaban J connectivity index is 1.39. The molecule has 0 spiro atoms. The number of fused-ring (bicyclic) bond motifs is 2. The molecule has 1 atom stereocenters. The van der Waals surface area contributed by atoms with E-state index in [1.54, 1.807) is 29.5 Å². The summed E-state index contributed by atoms with van der Waals surface area (Å²) in [5.41, 5.74) is 1.53. The first-order valence-electron chi connectivity index (χ1n) is 9.35. The van der Waals surface area contributed by atoms with E-state index in [1.165, 1.54) is 11.8 Å². The van der Waals surface area contributed by atoms with E-state index in [0.717, 1.165) is 20.8 Å². The smallest absolute Gasteiger partial charge is 0.237 e. The van der Waals surface area contributed by atoms with E-state index < -0.39 is 0 Å². The van der Waals surface area contributed by atoms with E-state index in [2.05, 4.69) is 5.32 Å². The molecule has 3 heterocycles. The summed E-state index contributed by atoms with van der Waals surface area (Å²) in [6, 6.07) is 17.2. The monoisotopic (exact) mass is 435 g/mol. The number of hydrogen-bond donors (Lipinski definition) is 1. The van der Waals surface area contributed by atoms with Gasteiger partial charge in [-0.15, -0.1) is 11.3 Å². The van der Waals surface area contributed by atoms with Gasteiger partial charge in [0, 0.05) is 17.1 Å². The SMILES string of the molecule is CC(Sc1nc(-c2cccs2)nc2ccccc12)C(=O)Nc1ccc2c(c1)OCO2. The Labute approximate surface area is 181 Å². The minimum absolute atomic E-state index is 0.112. The second kappa shape index (κ2) is 7.97. The highest BCUT2D eigenvalue weighted by Gasteiger charge is 2.20. The number of hydrogen-bond acceptors (Lipinski definition) is 7. The Kier molecular flexibility index (Phi) is 5.02. The fraction of sp³-hybridized carbons (Fsp3) is 0.136. The first-order valence-corrected chi connectivity index (χ1v) is 11.1. The van der Waals surface area contributed by atoms with Crippen molar-refractivity contribution in [3.8, 4) is 22.2 Å². The van der Waals surface area contributed by atoms with Crippen molar-refractivity contribution in [1.82, 2.24) is 9.97 Å². The molecule has 2 aromatic carbocycles. The lowest BCUT2D eigenvalue weighted by atomic mass is 10.2. The van der Waals surface area contributed by atoms with Crippen LogP contribution in [0.25, 0.3) is 21.6 Å². The third-order valence-electron chi connectivity index (χ3n) is 4.61. The molecule has 0 fully saturated rings. The fourth-order valence-corrected chi connectivity index (χ4v) is 4.69. The first kappa shape index (κ1) is 18.9. The van der Waals surface area contributed by atoms with Crippen molar-refractivity contribution >= 4 is 45.6 Å². The maximum Gasteiger partial charge on any atom is 0.237 e.